The number of hydrogen-bond acceptors (Lipinski definition) is 3. The third-order valence-electron chi connectivity index (χ3n) is 8.38. The minimum atomic E-state index is -1.26. The molecule has 2 aromatic rings. The van der Waals surface area contributed by atoms with Crippen molar-refractivity contribution in [2.45, 2.75) is 75.5 Å². The molecule has 0 radical (unpaired) electrons. The number of hydrogen-bond donors (Lipinski definition) is 3. The van der Waals surface area contributed by atoms with Gasteiger partial charge in [0.05, 0.1) is 0 Å². The highest BCUT2D eigenvalue weighted by Crippen LogP contribution is 2.54. The highest BCUT2D eigenvalue weighted by molar-refractivity contribution is 5.91. The van der Waals surface area contributed by atoms with Gasteiger partial charge in [0.1, 0.15) is 0 Å². The molecule has 5 unspecified atom stereocenters. The summed E-state index contributed by atoms with van der Waals surface area (Å²) in [6.07, 6.45) is 9.25. The van der Waals surface area contributed by atoms with E-state index < -0.39 is 6.29 Å². The first-order valence-corrected chi connectivity index (χ1v) is 11.9. The Bertz CT molecular complexity index is 962. The minimum absolute atomic E-state index is 0.0796. The Morgan fingerprint density at radius 2 is 1.93 bits per heavy atom. The summed E-state index contributed by atoms with van der Waals surface area (Å²) in [7, 11) is 0. The summed E-state index contributed by atoms with van der Waals surface area (Å²) < 4.78 is 0. The van der Waals surface area contributed by atoms with E-state index in [4.69, 9.17) is 0 Å². The highest BCUT2D eigenvalue weighted by Gasteiger charge is 2.51. The van der Waals surface area contributed by atoms with Gasteiger partial charge in [0, 0.05) is 41.5 Å². The maximum absolute atomic E-state index is 13.6. The first-order valence-electron chi connectivity index (χ1n) is 11.9. The first-order chi connectivity index (χ1) is 14.6. The number of likely N-dealkylation sites (tertiary alicyclic amines) is 1. The lowest BCUT2D eigenvalue weighted by Crippen LogP contribution is -2.54. The Labute approximate surface area is 177 Å². The number of H-pyrrole nitrogens is 1. The monoisotopic (exact) mass is 408 g/mol. The van der Waals surface area contributed by atoms with Crippen molar-refractivity contribution < 1.29 is 15.0 Å². The zero-order valence-electron chi connectivity index (χ0n) is 17.5. The highest BCUT2D eigenvalue weighted by atomic mass is 16.5. The van der Waals surface area contributed by atoms with Gasteiger partial charge in [0.2, 0.25) is 5.91 Å². The van der Waals surface area contributed by atoms with E-state index in [-0.39, 0.29) is 23.8 Å². The SMILES string of the molecule is O=C(C1CC1c1c[nH]c2cccc(C3CC3)c12)N1CCCC2C(C(O)O)CCCC21. The molecule has 3 saturated carbocycles. The van der Waals surface area contributed by atoms with Crippen LogP contribution in [0.2, 0.25) is 0 Å². The Balaban J connectivity index is 1.24. The van der Waals surface area contributed by atoms with Crippen molar-refractivity contribution in [3.63, 3.8) is 0 Å². The van der Waals surface area contributed by atoms with Crippen LogP contribution in [0, 0.1) is 17.8 Å². The zero-order chi connectivity index (χ0) is 20.4. The van der Waals surface area contributed by atoms with Crippen LogP contribution in [0.1, 0.15) is 74.3 Å². The number of aromatic amines is 1. The minimum Gasteiger partial charge on any atom is -0.368 e. The lowest BCUT2D eigenvalue weighted by Gasteiger charge is -2.48. The molecule has 3 N–H and O–H groups in total. The quantitative estimate of drug-likeness (QED) is 0.672. The lowest BCUT2D eigenvalue weighted by atomic mass is 9.70. The molecule has 6 rings (SSSR count). The van der Waals surface area contributed by atoms with Gasteiger partial charge in [0.25, 0.3) is 0 Å². The molecule has 1 amide bonds. The number of aliphatic hydroxyl groups excluding tert-OH is 1. The first kappa shape index (κ1) is 18.9. The van der Waals surface area contributed by atoms with Gasteiger partial charge in [0.15, 0.2) is 6.29 Å². The fourth-order valence-corrected chi connectivity index (χ4v) is 6.67. The van der Waals surface area contributed by atoms with E-state index in [9.17, 15) is 15.0 Å². The number of benzene rings is 1. The molecule has 0 spiro atoms. The van der Waals surface area contributed by atoms with Crippen LogP contribution in [-0.2, 0) is 4.79 Å². The number of rotatable bonds is 4. The zero-order valence-corrected chi connectivity index (χ0v) is 17.5. The van der Waals surface area contributed by atoms with Crippen molar-refractivity contribution in [1.82, 2.24) is 9.88 Å². The van der Waals surface area contributed by atoms with Gasteiger partial charge in [-0.25, -0.2) is 0 Å². The second-order valence-corrected chi connectivity index (χ2v) is 10.2. The van der Waals surface area contributed by atoms with E-state index in [1.54, 1.807) is 0 Å². The predicted octanol–water partition coefficient (Wildman–Crippen LogP) is 3.87. The number of carbonyl (C=O) groups excluding carboxylic acids is 1. The van der Waals surface area contributed by atoms with Crippen molar-refractivity contribution in [3.05, 3.63) is 35.5 Å². The smallest absolute Gasteiger partial charge is 0.226 e. The fraction of sp³-hybridized carbons (Fsp3) is 0.640. The van der Waals surface area contributed by atoms with Gasteiger partial charge in [-0.2, -0.15) is 0 Å². The van der Waals surface area contributed by atoms with E-state index in [1.807, 2.05) is 0 Å². The van der Waals surface area contributed by atoms with Gasteiger partial charge in [-0.15, -0.1) is 0 Å². The normalized spacial score (nSPS) is 33.7. The Morgan fingerprint density at radius 3 is 2.73 bits per heavy atom. The number of nitrogens with zero attached hydrogens (tertiary/aromatic N) is 1. The molecule has 5 heteroatoms. The molecule has 3 aliphatic carbocycles. The third kappa shape index (κ3) is 3.01. The summed E-state index contributed by atoms with van der Waals surface area (Å²) in [6.45, 7) is 0.832. The predicted molar refractivity (Wildman–Crippen MR) is 115 cm³/mol. The van der Waals surface area contributed by atoms with E-state index in [0.717, 1.165) is 45.1 Å². The van der Waals surface area contributed by atoms with Gasteiger partial charge in [-0.05, 0) is 79.9 Å². The molecule has 4 aliphatic rings. The maximum atomic E-state index is 13.6. The topological polar surface area (TPSA) is 76.6 Å². The van der Waals surface area contributed by atoms with E-state index in [2.05, 4.69) is 34.3 Å². The molecule has 1 aromatic carbocycles. The van der Waals surface area contributed by atoms with Crippen LogP contribution in [0.25, 0.3) is 10.9 Å². The summed E-state index contributed by atoms with van der Waals surface area (Å²) in [4.78, 5) is 19.1. The van der Waals surface area contributed by atoms with Gasteiger partial charge in [-0.3, -0.25) is 4.79 Å². The van der Waals surface area contributed by atoms with Crippen LogP contribution in [0.3, 0.4) is 0 Å². The molecule has 1 aliphatic heterocycles. The Morgan fingerprint density at radius 1 is 1.07 bits per heavy atom. The standard InChI is InChI=1S/C25H32N2O3/c28-24(27-11-3-6-16-17(25(29)30)5-2-8-22(16)27)19-12-18(19)20-13-26-21-7-1-4-15(23(20)21)14-9-10-14/h1,4,7,13-14,16-19,22,25-26,29-30H,2-3,5-6,8-12H2. The number of nitrogens with one attached hydrogen (secondary N) is 1. The van der Waals surface area contributed by atoms with Crippen molar-refractivity contribution >= 4 is 16.8 Å². The van der Waals surface area contributed by atoms with Gasteiger partial charge >= 0.3 is 0 Å². The molecule has 0 bridgehead atoms. The average molecular weight is 409 g/mol. The second kappa shape index (κ2) is 7.10. The van der Waals surface area contributed by atoms with Crippen LogP contribution < -0.4 is 0 Å². The molecule has 5 atom stereocenters. The van der Waals surface area contributed by atoms with E-state index in [0.29, 0.717) is 17.7 Å². The molecular formula is C25H32N2O3. The fourth-order valence-electron chi connectivity index (χ4n) is 6.67. The summed E-state index contributed by atoms with van der Waals surface area (Å²) in [5.41, 5.74) is 4.01. The molecule has 30 heavy (non-hydrogen) atoms. The molecule has 1 saturated heterocycles. The van der Waals surface area contributed by atoms with Crippen molar-refractivity contribution in [3.8, 4) is 0 Å². The Kier molecular flexibility index (Phi) is 4.47. The van der Waals surface area contributed by atoms with E-state index >= 15 is 0 Å². The molecule has 1 aromatic heterocycles. The summed E-state index contributed by atoms with van der Waals surface area (Å²) in [6, 6.07) is 6.77. The lowest BCUT2D eigenvalue weighted by molar-refractivity contribution is -0.152. The number of aromatic nitrogens is 1. The molecule has 5 nitrogen and oxygen atoms in total. The summed E-state index contributed by atoms with van der Waals surface area (Å²) in [5.74, 6) is 1.58. The van der Waals surface area contributed by atoms with Crippen LogP contribution >= 0.6 is 0 Å². The van der Waals surface area contributed by atoms with Crippen molar-refractivity contribution in [1.29, 1.82) is 0 Å². The average Bonchev–Trinajstić information content (AvgIpc) is 3.69. The summed E-state index contributed by atoms with van der Waals surface area (Å²) in [5, 5.41) is 21.1. The summed E-state index contributed by atoms with van der Waals surface area (Å²) >= 11 is 0. The maximum Gasteiger partial charge on any atom is 0.226 e. The number of aliphatic hydroxyl groups is 2. The second-order valence-electron chi connectivity index (χ2n) is 10.2. The number of piperidine rings is 1. The largest absolute Gasteiger partial charge is 0.368 e. The molecule has 4 fully saturated rings. The third-order valence-corrected chi connectivity index (χ3v) is 8.38. The molecular weight excluding hydrogens is 376 g/mol. The number of amides is 1. The van der Waals surface area contributed by atoms with Crippen LogP contribution in [0.15, 0.2) is 24.4 Å². The van der Waals surface area contributed by atoms with Crippen LogP contribution in [0.4, 0.5) is 0 Å². The number of carbonyl (C=O) groups is 1. The van der Waals surface area contributed by atoms with Gasteiger partial charge in [-0.1, -0.05) is 18.6 Å². The van der Waals surface area contributed by atoms with Crippen LogP contribution in [-0.4, -0.2) is 44.9 Å². The molecule has 160 valence electrons. The van der Waals surface area contributed by atoms with Crippen molar-refractivity contribution in [2.24, 2.45) is 17.8 Å². The van der Waals surface area contributed by atoms with Gasteiger partial charge < -0.3 is 20.1 Å². The molecule has 2 heterocycles. The van der Waals surface area contributed by atoms with E-state index in [1.165, 1.54) is 34.9 Å². The van der Waals surface area contributed by atoms with Crippen molar-refractivity contribution in [2.75, 3.05) is 6.54 Å². The van der Waals surface area contributed by atoms with Crippen LogP contribution in [0.5, 0.6) is 0 Å². The number of fused-ring (bicyclic) bond motifs is 2. The Hall–Kier alpha value is -1.85.